The standard InChI is InChI=1S/C21H29N5O2/c1-16(2)8-9-22-21(27)17-14-24-20(15-23-17)26-12-10-25(11-13-26)18-6-4-5-7-19(18)28-3/h4-7,14-16H,8-13H2,1-3H3,(H,22,27). The molecule has 7 heteroatoms. The molecule has 0 saturated carbocycles. The quantitative estimate of drug-likeness (QED) is 0.792. The lowest BCUT2D eigenvalue weighted by Crippen LogP contribution is -2.47. The summed E-state index contributed by atoms with van der Waals surface area (Å²) in [6.45, 7) is 8.35. The fourth-order valence-electron chi connectivity index (χ4n) is 3.23. The second-order valence-electron chi connectivity index (χ2n) is 7.34. The highest BCUT2D eigenvalue weighted by molar-refractivity contribution is 5.91. The van der Waals surface area contributed by atoms with Crippen LogP contribution in [0.15, 0.2) is 36.7 Å². The van der Waals surface area contributed by atoms with Crippen molar-refractivity contribution in [2.45, 2.75) is 20.3 Å². The van der Waals surface area contributed by atoms with Gasteiger partial charge in [-0.1, -0.05) is 26.0 Å². The molecule has 28 heavy (non-hydrogen) atoms. The van der Waals surface area contributed by atoms with Gasteiger partial charge in [-0.3, -0.25) is 4.79 Å². The Labute approximate surface area is 166 Å². The van der Waals surface area contributed by atoms with Gasteiger partial charge in [0.15, 0.2) is 0 Å². The number of carbonyl (C=O) groups is 1. The SMILES string of the molecule is COc1ccccc1N1CCN(c2cnc(C(=O)NCCC(C)C)cn2)CC1. The number of rotatable bonds is 7. The number of para-hydroxylation sites is 2. The number of methoxy groups -OCH3 is 1. The molecule has 2 aromatic rings. The average Bonchev–Trinajstić information content (AvgIpc) is 2.73. The first-order chi connectivity index (χ1) is 13.6. The molecule has 0 atom stereocenters. The van der Waals surface area contributed by atoms with Gasteiger partial charge in [-0.15, -0.1) is 0 Å². The molecule has 0 spiro atoms. The lowest BCUT2D eigenvalue weighted by molar-refractivity contribution is 0.0946. The first-order valence-corrected chi connectivity index (χ1v) is 9.81. The molecule has 1 aromatic carbocycles. The molecular weight excluding hydrogens is 354 g/mol. The molecule has 7 nitrogen and oxygen atoms in total. The topological polar surface area (TPSA) is 70.6 Å². The van der Waals surface area contributed by atoms with Crippen LogP contribution in [-0.4, -0.2) is 55.7 Å². The van der Waals surface area contributed by atoms with E-state index in [9.17, 15) is 4.79 Å². The lowest BCUT2D eigenvalue weighted by Gasteiger charge is -2.37. The van der Waals surface area contributed by atoms with Gasteiger partial charge in [0.1, 0.15) is 17.3 Å². The molecule has 0 bridgehead atoms. The van der Waals surface area contributed by atoms with Crippen molar-refractivity contribution in [3.8, 4) is 5.75 Å². The predicted octanol–water partition coefficient (Wildman–Crippen LogP) is 2.59. The van der Waals surface area contributed by atoms with Gasteiger partial charge in [0, 0.05) is 32.7 Å². The maximum absolute atomic E-state index is 12.1. The fourth-order valence-corrected chi connectivity index (χ4v) is 3.23. The summed E-state index contributed by atoms with van der Waals surface area (Å²) >= 11 is 0. The number of aromatic nitrogens is 2. The first kappa shape index (κ1) is 19.9. The van der Waals surface area contributed by atoms with Crippen LogP contribution < -0.4 is 19.9 Å². The van der Waals surface area contributed by atoms with Crippen LogP contribution in [0.5, 0.6) is 5.75 Å². The molecule has 1 saturated heterocycles. The monoisotopic (exact) mass is 383 g/mol. The van der Waals surface area contributed by atoms with Gasteiger partial charge in [0.2, 0.25) is 0 Å². The number of nitrogens with one attached hydrogen (secondary N) is 1. The number of hydrogen-bond donors (Lipinski definition) is 1. The number of ether oxygens (including phenoxy) is 1. The Morgan fingerprint density at radius 2 is 1.82 bits per heavy atom. The highest BCUT2D eigenvalue weighted by Crippen LogP contribution is 2.28. The zero-order valence-corrected chi connectivity index (χ0v) is 16.9. The number of benzene rings is 1. The molecule has 150 valence electrons. The molecule has 1 aromatic heterocycles. The lowest BCUT2D eigenvalue weighted by atomic mass is 10.1. The van der Waals surface area contributed by atoms with Crippen LogP contribution in [0.2, 0.25) is 0 Å². The first-order valence-electron chi connectivity index (χ1n) is 9.81. The van der Waals surface area contributed by atoms with Crippen molar-refractivity contribution in [3.63, 3.8) is 0 Å². The number of hydrogen-bond acceptors (Lipinski definition) is 6. The van der Waals surface area contributed by atoms with Gasteiger partial charge in [-0.25, -0.2) is 9.97 Å². The van der Waals surface area contributed by atoms with E-state index < -0.39 is 0 Å². The molecule has 1 N–H and O–H groups in total. The number of nitrogens with zero attached hydrogens (tertiary/aromatic N) is 4. The minimum Gasteiger partial charge on any atom is -0.495 e. The molecule has 1 aliphatic heterocycles. The molecule has 0 radical (unpaired) electrons. The van der Waals surface area contributed by atoms with Crippen molar-refractivity contribution in [3.05, 3.63) is 42.4 Å². The predicted molar refractivity (Wildman–Crippen MR) is 111 cm³/mol. The Kier molecular flexibility index (Phi) is 6.68. The Balaban J connectivity index is 1.55. The van der Waals surface area contributed by atoms with Crippen LogP contribution in [0.25, 0.3) is 0 Å². The normalized spacial score (nSPS) is 14.3. The molecule has 1 amide bonds. The maximum atomic E-state index is 12.1. The zero-order valence-electron chi connectivity index (χ0n) is 16.9. The highest BCUT2D eigenvalue weighted by Gasteiger charge is 2.21. The van der Waals surface area contributed by atoms with E-state index in [2.05, 4.69) is 45.0 Å². The van der Waals surface area contributed by atoms with Crippen molar-refractivity contribution < 1.29 is 9.53 Å². The molecule has 1 fully saturated rings. The fraction of sp³-hybridized carbons (Fsp3) is 0.476. The van der Waals surface area contributed by atoms with E-state index >= 15 is 0 Å². The summed E-state index contributed by atoms with van der Waals surface area (Å²) in [5.41, 5.74) is 1.48. The summed E-state index contributed by atoms with van der Waals surface area (Å²) in [6.07, 6.45) is 4.20. The van der Waals surface area contributed by atoms with Crippen molar-refractivity contribution in [2.24, 2.45) is 5.92 Å². The van der Waals surface area contributed by atoms with Crippen molar-refractivity contribution in [2.75, 3.05) is 49.6 Å². The van der Waals surface area contributed by atoms with E-state index in [-0.39, 0.29) is 5.91 Å². The van der Waals surface area contributed by atoms with E-state index in [0.717, 1.165) is 49.9 Å². The minimum absolute atomic E-state index is 0.166. The highest BCUT2D eigenvalue weighted by atomic mass is 16.5. The minimum atomic E-state index is -0.166. The summed E-state index contributed by atoms with van der Waals surface area (Å²) in [5, 5.41) is 2.89. The largest absolute Gasteiger partial charge is 0.495 e. The molecule has 0 aliphatic carbocycles. The maximum Gasteiger partial charge on any atom is 0.271 e. The van der Waals surface area contributed by atoms with Gasteiger partial charge in [0.05, 0.1) is 25.2 Å². The molecular formula is C21H29N5O2. The smallest absolute Gasteiger partial charge is 0.271 e. The van der Waals surface area contributed by atoms with Crippen molar-refractivity contribution in [1.82, 2.24) is 15.3 Å². The number of carbonyl (C=O) groups excluding carboxylic acids is 1. The second kappa shape index (κ2) is 9.39. The van der Waals surface area contributed by atoms with E-state index in [0.29, 0.717) is 18.2 Å². The molecule has 3 rings (SSSR count). The van der Waals surface area contributed by atoms with Crippen LogP contribution in [0.3, 0.4) is 0 Å². The van der Waals surface area contributed by atoms with Crippen LogP contribution in [0, 0.1) is 5.92 Å². The summed E-state index contributed by atoms with van der Waals surface area (Å²) in [7, 11) is 1.70. The molecule has 1 aliphatic rings. The van der Waals surface area contributed by atoms with E-state index in [1.807, 2.05) is 18.2 Å². The van der Waals surface area contributed by atoms with E-state index in [4.69, 9.17) is 4.74 Å². The number of amides is 1. The van der Waals surface area contributed by atoms with Gasteiger partial charge < -0.3 is 19.9 Å². The van der Waals surface area contributed by atoms with Crippen molar-refractivity contribution >= 4 is 17.4 Å². The Morgan fingerprint density at radius 1 is 1.11 bits per heavy atom. The third-order valence-corrected chi connectivity index (χ3v) is 4.91. The number of piperazine rings is 1. The zero-order chi connectivity index (χ0) is 19.9. The summed E-state index contributed by atoms with van der Waals surface area (Å²) in [5.74, 6) is 2.09. The average molecular weight is 383 g/mol. The summed E-state index contributed by atoms with van der Waals surface area (Å²) in [4.78, 5) is 25.4. The van der Waals surface area contributed by atoms with Gasteiger partial charge >= 0.3 is 0 Å². The van der Waals surface area contributed by atoms with Crippen LogP contribution in [0.4, 0.5) is 11.5 Å². The van der Waals surface area contributed by atoms with Crippen LogP contribution in [0.1, 0.15) is 30.8 Å². The summed E-state index contributed by atoms with van der Waals surface area (Å²) in [6, 6.07) is 8.08. The Morgan fingerprint density at radius 3 is 2.46 bits per heavy atom. The van der Waals surface area contributed by atoms with Crippen LogP contribution >= 0.6 is 0 Å². The van der Waals surface area contributed by atoms with Crippen molar-refractivity contribution in [1.29, 1.82) is 0 Å². The summed E-state index contributed by atoms with van der Waals surface area (Å²) < 4.78 is 5.47. The number of anilines is 2. The molecule has 0 unspecified atom stereocenters. The van der Waals surface area contributed by atoms with Gasteiger partial charge in [0.25, 0.3) is 5.91 Å². The Bertz CT molecular complexity index is 771. The third kappa shape index (κ3) is 4.91. The van der Waals surface area contributed by atoms with Crippen LogP contribution in [-0.2, 0) is 0 Å². The van der Waals surface area contributed by atoms with E-state index in [1.165, 1.54) is 0 Å². The molecule has 2 heterocycles. The third-order valence-electron chi connectivity index (χ3n) is 4.91. The van der Waals surface area contributed by atoms with Gasteiger partial charge in [-0.2, -0.15) is 0 Å². The second-order valence-corrected chi connectivity index (χ2v) is 7.34. The Hall–Kier alpha value is -2.83. The van der Waals surface area contributed by atoms with E-state index in [1.54, 1.807) is 19.5 Å². The van der Waals surface area contributed by atoms with Gasteiger partial charge in [-0.05, 0) is 24.5 Å².